The van der Waals surface area contributed by atoms with Gasteiger partial charge in [0.1, 0.15) is 11.5 Å². The second kappa shape index (κ2) is 33.8. The molecule has 0 aromatic heterocycles. The monoisotopic (exact) mass is 1240 g/mol. The minimum absolute atomic E-state index is 0.107. The zero-order valence-corrected chi connectivity index (χ0v) is 48.7. The molecule has 0 atom stereocenters. The van der Waals surface area contributed by atoms with Crippen molar-refractivity contribution >= 4 is 60.4 Å². The fourth-order valence-corrected chi connectivity index (χ4v) is 8.54. The molecule has 1 saturated heterocycles. The fraction of sp³-hybridized carbons (Fsp3) is 0.379. The van der Waals surface area contributed by atoms with Crippen LogP contribution in [0.1, 0.15) is 51.7 Å². The summed E-state index contributed by atoms with van der Waals surface area (Å²) < 4.78 is 97.4. The largest absolute Gasteiger partial charge is 0.494 e. The van der Waals surface area contributed by atoms with Crippen LogP contribution < -0.4 is 24.4 Å². The van der Waals surface area contributed by atoms with E-state index in [0.29, 0.717) is 90.1 Å². The van der Waals surface area contributed by atoms with E-state index in [1.165, 1.54) is 12.1 Å². The second-order valence-electron chi connectivity index (χ2n) is 18.0. The van der Waals surface area contributed by atoms with E-state index in [4.69, 9.17) is 56.7 Å². The molecule has 0 bridgehead atoms. The van der Waals surface area contributed by atoms with Crippen molar-refractivity contribution in [1.29, 1.82) is 0 Å². The van der Waals surface area contributed by atoms with Crippen molar-refractivity contribution in [3.8, 4) is 34.1 Å². The van der Waals surface area contributed by atoms with Crippen molar-refractivity contribution in [3.05, 3.63) is 170 Å². The van der Waals surface area contributed by atoms with Gasteiger partial charge in [0.05, 0.1) is 77.3 Å². The number of hydrogen-bond donors (Lipinski definition) is 0. The number of hydrogen-bond acceptors (Lipinski definition) is 12. The zero-order chi connectivity index (χ0) is 54.6. The second-order valence-corrected chi connectivity index (χ2v) is 20.8. The van der Waals surface area contributed by atoms with Crippen molar-refractivity contribution in [1.82, 2.24) is 0 Å². The Labute approximate surface area is 472 Å². The quantitative estimate of drug-likeness (QED) is 0.0265. The van der Waals surface area contributed by atoms with Gasteiger partial charge >= 0.3 is 7.12 Å². The van der Waals surface area contributed by atoms with Crippen LogP contribution in [0.5, 0.6) is 23.0 Å². The van der Waals surface area contributed by atoms with E-state index >= 15 is 0 Å². The van der Waals surface area contributed by atoms with E-state index in [2.05, 4.69) is 47.8 Å². The molecular weight excluding hydrogens is 1180 g/mol. The Balaban J connectivity index is 0.000000225. The number of rotatable bonds is 28. The fourth-order valence-electron chi connectivity index (χ4n) is 6.82. The zero-order valence-electron chi connectivity index (χ0n) is 44.0. The average Bonchev–Trinajstić information content (AvgIpc) is 3.63. The van der Waals surface area contributed by atoms with Gasteiger partial charge in [-0.15, -0.1) is 0 Å². The van der Waals surface area contributed by atoms with E-state index < -0.39 is 30.0 Å². The van der Waals surface area contributed by atoms with Crippen molar-refractivity contribution in [3.63, 3.8) is 0 Å². The SMILES string of the molecule is CC1(C)OB(c2ccc(OCCCOCc3ccccc3)c(F)c2)OC1(C)C.COCCOCOc1cc(Br)cc(-c2ccc(OCCCOCc3ccccc3)c(F)c2)c1.COCCOCOc1cc(Br)cc(Br)c1. The maximum Gasteiger partial charge on any atom is 0.494 e. The van der Waals surface area contributed by atoms with Crippen LogP contribution in [0.15, 0.2) is 147 Å². The predicted molar refractivity (Wildman–Crippen MR) is 303 cm³/mol. The summed E-state index contributed by atoms with van der Waals surface area (Å²) in [5, 5.41) is 0. The molecule has 0 unspecified atom stereocenters. The van der Waals surface area contributed by atoms with Gasteiger partial charge in [-0.1, -0.05) is 121 Å². The minimum atomic E-state index is -0.583. The van der Waals surface area contributed by atoms with Crippen LogP contribution in [0.25, 0.3) is 11.1 Å². The van der Waals surface area contributed by atoms with Crippen LogP contribution in [0.4, 0.5) is 8.78 Å². The van der Waals surface area contributed by atoms with Gasteiger partial charge in [-0.25, -0.2) is 8.78 Å². The number of halogens is 5. The molecular formula is C58H68BBr3F2O12. The third kappa shape index (κ3) is 22.5. The summed E-state index contributed by atoms with van der Waals surface area (Å²) in [6.45, 7) is 13.3. The molecule has 0 radical (unpaired) electrons. The average molecular weight is 1250 g/mol. The summed E-state index contributed by atoms with van der Waals surface area (Å²) >= 11 is 10.2. The molecule has 410 valence electrons. The first-order valence-electron chi connectivity index (χ1n) is 24.8. The van der Waals surface area contributed by atoms with Crippen LogP contribution in [0.2, 0.25) is 0 Å². The Morgan fingerprint density at radius 1 is 0.447 bits per heavy atom. The molecule has 0 aliphatic carbocycles. The molecule has 12 nitrogen and oxygen atoms in total. The molecule has 0 saturated carbocycles. The van der Waals surface area contributed by atoms with E-state index in [9.17, 15) is 8.78 Å². The molecule has 0 spiro atoms. The first-order valence-corrected chi connectivity index (χ1v) is 27.1. The molecule has 76 heavy (non-hydrogen) atoms. The van der Waals surface area contributed by atoms with Crippen LogP contribution in [0, 0.1) is 11.6 Å². The molecule has 0 N–H and O–H groups in total. The Morgan fingerprint density at radius 2 is 0.908 bits per heavy atom. The Hall–Kier alpha value is -4.44. The molecule has 1 aliphatic heterocycles. The van der Waals surface area contributed by atoms with Gasteiger partial charge in [0.25, 0.3) is 0 Å². The van der Waals surface area contributed by atoms with Gasteiger partial charge in [0.2, 0.25) is 0 Å². The lowest BCUT2D eigenvalue weighted by molar-refractivity contribution is -0.00860. The standard InChI is InChI=1S/C26H28BrFO5.C22H28BFO4.C10H12Br2O3/c1-29-12-13-31-19-33-24-15-22(14-23(27)17-24)21-8-9-26(25(28)16-21)32-11-5-10-30-18-20-6-3-2-4-7-20;1-21(2)22(3,4)28-23(27-21)18-11-12-20(19(24)15-18)26-14-8-13-25-16-17-9-6-5-7-10-17;1-13-2-3-14-7-15-10-5-8(11)4-9(12)6-10/h2-4,6-9,14-17H,5,10-13,18-19H2,1H3;5-7,9-12,15H,8,13-14,16H2,1-4H3;4-6H,2-3,7H2,1H3. The molecule has 0 amide bonds. The smallest absolute Gasteiger partial charge is 0.490 e. The third-order valence-electron chi connectivity index (χ3n) is 11.5. The lowest BCUT2D eigenvalue weighted by Crippen LogP contribution is -2.41. The summed E-state index contributed by atoms with van der Waals surface area (Å²) in [4.78, 5) is 0. The van der Waals surface area contributed by atoms with E-state index in [0.717, 1.165) is 41.4 Å². The topological polar surface area (TPSA) is 111 Å². The van der Waals surface area contributed by atoms with Gasteiger partial charge in [-0.2, -0.15) is 0 Å². The molecule has 1 aliphatic rings. The van der Waals surface area contributed by atoms with Crippen LogP contribution in [-0.4, -0.2) is 99.0 Å². The maximum atomic E-state index is 14.6. The van der Waals surface area contributed by atoms with E-state index in [1.54, 1.807) is 32.4 Å². The molecule has 1 heterocycles. The van der Waals surface area contributed by atoms with Crippen LogP contribution in [-0.2, 0) is 50.9 Å². The molecule has 18 heteroatoms. The van der Waals surface area contributed by atoms with Gasteiger partial charge < -0.3 is 56.7 Å². The lowest BCUT2D eigenvalue weighted by Gasteiger charge is -2.32. The van der Waals surface area contributed by atoms with Gasteiger partial charge in [0, 0.05) is 40.5 Å². The van der Waals surface area contributed by atoms with E-state index in [1.807, 2.05) is 131 Å². The Morgan fingerprint density at radius 3 is 1.38 bits per heavy atom. The highest BCUT2D eigenvalue weighted by molar-refractivity contribution is 9.11. The van der Waals surface area contributed by atoms with Crippen LogP contribution in [0.3, 0.4) is 0 Å². The normalized spacial score (nSPS) is 13.3. The van der Waals surface area contributed by atoms with Gasteiger partial charge in [-0.05, 0) is 116 Å². The highest BCUT2D eigenvalue weighted by atomic mass is 79.9. The van der Waals surface area contributed by atoms with Crippen molar-refractivity contribution < 1.29 is 65.5 Å². The van der Waals surface area contributed by atoms with Crippen molar-refractivity contribution in [2.24, 2.45) is 0 Å². The first kappa shape index (κ1) is 62.4. The summed E-state index contributed by atoms with van der Waals surface area (Å²) in [7, 11) is 2.66. The number of benzene rings is 6. The molecule has 6 aromatic carbocycles. The van der Waals surface area contributed by atoms with Crippen molar-refractivity contribution in [2.75, 3.05) is 80.7 Å². The lowest BCUT2D eigenvalue weighted by atomic mass is 9.79. The Bertz CT molecular complexity index is 2560. The highest BCUT2D eigenvalue weighted by Gasteiger charge is 2.51. The summed E-state index contributed by atoms with van der Waals surface area (Å²) in [5.74, 6) is 0.991. The van der Waals surface area contributed by atoms with E-state index in [-0.39, 0.29) is 25.1 Å². The van der Waals surface area contributed by atoms with Gasteiger partial charge in [-0.3, -0.25) is 0 Å². The summed E-state index contributed by atoms with van der Waals surface area (Å²) in [6.07, 6.45) is 1.36. The van der Waals surface area contributed by atoms with Crippen LogP contribution >= 0.6 is 47.8 Å². The third-order valence-corrected chi connectivity index (χ3v) is 12.9. The highest BCUT2D eigenvalue weighted by Crippen LogP contribution is 2.37. The summed E-state index contributed by atoms with van der Waals surface area (Å²) in [6, 6.07) is 41.0. The minimum Gasteiger partial charge on any atom is -0.490 e. The molecule has 7 rings (SSSR count). The molecule has 6 aromatic rings. The Kier molecular flexibility index (Phi) is 27.7. The van der Waals surface area contributed by atoms with Crippen molar-refractivity contribution in [2.45, 2.75) is 65.0 Å². The maximum absolute atomic E-state index is 14.6. The predicted octanol–water partition coefficient (Wildman–Crippen LogP) is 13.6. The number of ether oxygens (including phenoxy) is 10. The first-order chi connectivity index (χ1) is 36.7. The molecule has 1 fully saturated rings. The van der Waals surface area contributed by atoms with Gasteiger partial charge in [0.15, 0.2) is 36.7 Å². The number of methoxy groups -OCH3 is 2. The summed E-state index contributed by atoms with van der Waals surface area (Å²) in [5.41, 5.74) is 3.53.